The lowest BCUT2D eigenvalue weighted by molar-refractivity contribution is 0.217. The van der Waals surface area contributed by atoms with Gasteiger partial charge in [-0.3, -0.25) is 0 Å². The summed E-state index contributed by atoms with van der Waals surface area (Å²) in [6.45, 7) is 4.16. The number of aromatic nitrogens is 1. The second-order valence-electron chi connectivity index (χ2n) is 7.59. The summed E-state index contributed by atoms with van der Waals surface area (Å²) in [5.74, 6) is -0.241. The highest BCUT2D eigenvalue weighted by molar-refractivity contribution is 6.31. The second kappa shape index (κ2) is 9.49. The SMILES string of the molecule is O=C1NCCN1CCCNCCCc1cn(-c2ccc(F)cc2)c2ccc(Cl)cc12. The summed E-state index contributed by atoms with van der Waals surface area (Å²) in [4.78, 5) is 13.4. The highest BCUT2D eigenvalue weighted by atomic mass is 35.5. The zero-order valence-corrected chi connectivity index (χ0v) is 17.6. The van der Waals surface area contributed by atoms with Crippen molar-refractivity contribution in [2.75, 3.05) is 32.7 Å². The Morgan fingerprint density at radius 3 is 2.67 bits per heavy atom. The number of amides is 2. The minimum Gasteiger partial charge on any atom is -0.336 e. The lowest BCUT2D eigenvalue weighted by atomic mass is 10.1. The third-order valence-corrected chi connectivity index (χ3v) is 5.72. The van der Waals surface area contributed by atoms with Gasteiger partial charge < -0.3 is 20.1 Å². The highest BCUT2D eigenvalue weighted by Gasteiger charge is 2.18. The number of hydrogen-bond acceptors (Lipinski definition) is 2. The topological polar surface area (TPSA) is 49.3 Å². The fourth-order valence-corrected chi connectivity index (χ4v) is 4.11. The molecule has 2 aromatic carbocycles. The first kappa shape index (κ1) is 20.7. The smallest absolute Gasteiger partial charge is 0.317 e. The number of rotatable bonds is 9. The minimum atomic E-state index is -0.241. The van der Waals surface area contributed by atoms with Crippen molar-refractivity contribution in [2.24, 2.45) is 0 Å². The molecule has 30 heavy (non-hydrogen) atoms. The van der Waals surface area contributed by atoms with E-state index in [1.807, 2.05) is 23.1 Å². The maximum Gasteiger partial charge on any atom is 0.317 e. The third kappa shape index (κ3) is 4.77. The summed E-state index contributed by atoms with van der Waals surface area (Å²) < 4.78 is 15.4. The van der Waals surface area contributed by atoms with Crippen molar-refractivity contribution < 1.29 is 9.18 Å². The molecule has 7 heteroatoms. The standard InChI is InChI=1S/C23H26ClFN4O/c24-18-4-9-22-21(15-18)17(16-29(22)20-7-5-19(25)6-8-20)3-1-10-26-11-2-13-28-14-12-27-23(28)30/h4-9,15-16,26H,1-3,10-14H2,(H,27,30). The molecule has 0 aliphatic carbocycles. The van der Waals surface area contributed by atoms with Crippen molar-refractivity contribution in [1.82, 2.24) is 20.1 Å². The van der Waals surface area contributed by atoms with E-state index >= 15 is 0 Å². The van der Waals surface area contributed by atoms with Crippen LogP contribution >= 0.6 is 11.6 Å². The van der Waals surface area contributed by atoms with E-state index in [0.29, 0.717) is 5.02 Å². The molecule has 2 heterocycles. The van der Waals surface area contributed by atoms with Crippen LogP contribution in [0.25, 0.3) is 16.6 Å². The van der Waals surface area contributed by atoms with Crippen molar-refractivity contribution in [2.45, 2.75) is 19.3 Å². The van der Waals surface area contributed by atoms with E-state index in [9.17, 15) is 9.18 Å². The van der Waals surface area contributed by atoms with Crippen LogP contribution in [0, 0.1) is 5.82 Å². The van der Waals surface area contributed by atoms with Crippen molar-refractivity contribution in [1.29, 1.82) is 0 Å². The summed E-state index contributed by atoms with van der Waals surface area (Å²) >= 11 is 6.25. The predicted molar refractivity (Wildman–Crippen MR) is 119 cm³/mol. The van der Waals surface area contributed by atoms with Gasteiger partial charge in [0, 0.05) is 41.9 Å². The molecule has 1 aliphatic heterocycles. The molecular weight excluding hydrogens is 403 g/mol. The third-order valence-electron chi connectivity index (χ3n) is 5.48. The van der Waals surface area contributed by atoms with Crippen LogP contribution < -0.4 is 10.6 Å². The van der Waals surface area contributed by atoms with Crippen LogP contribution in [0.3, 0.4) is 0 Å². The monoisotopic (exact) mass is 428 g/mol. The lowest BCUT2D eigenvalue weighted by Crippen LogP contribution is -2.31. The van der Waals surface area contributed by atoms with E-state index in [0.717, 1.165) is 68.6 Å². The Hall–Kier alpha value is -2.57. The Morgan fingerprint density at radius 2 is 1.90 bits per heavy atom. The number of carbonyl (C=O) groups is 1. The number of fused-ring (bicyclic) bond motifs is 1. The van der Waals surface area contributed by atoms with E-state index in [2.05, 4.69) is 21.4 Å². The van der Waals surface area contributed by atoms with Gasteiger partial charge in [-0.15, -0.1) is 0 Å². The van der Waals surface area contributed by atoms with Crippen LogP contribution in [0.5, 0.6) is 0 Å². The number of nitrogens with one attached hydrogen (secondary N) is 2. The van der Waals surface area contributed by atoms with Crippen LogP contribution in [-0.4, -0.2) is 48.2 Å². The van der Waals surface area contributed by atoms with Crippen LogP contribution in [0.15, 0.2) is 48.7 Å². The van der Waals surface area contributed by atoms with Crippen molar-refractivity contribution in [3.05, 3.63) is 65.1 Å². The fourth-order valence-electron chi connectivity index (χ4n) is 3.93. The predicted octanol–water partition coefficient (Wildman–Crippen LogP) is 4.36. The van der Waals surface area contributed by atoms with Crippen molar-refractivity contribution in [3.63, 3.8) is 0 Å². The quantitative estimate of drug-likeness (QED) is 0.497. The molecule has 1 aliphatic rings. The number of aryl methyl sites for hydroxylation is 1. The van der Waals surface area contributed by atoms with Gasteiger partial charge in [-0.25, -0.2) is 9.18 Å². The fraction of sp³-hybridized carbons (Fsp3) is 0.348. The molecule has 4 rings (SSSR count). The van der Waals surface area contributed by atoms with Gasteiger partial charge >= 0.3 is 6.03 Å². The Morgan fingerprint density at radius 1 is 1.10 bits per heavy atom. The molecule has 0 saturated carbocycles. The number of nitrogens with zero attached hydrogens (tertiary/aromatic N) is 2. The van der Waals surface area contributed by atoms with E-state index in [1.165, 1.54) is 17.7 Å². The molecule has 3 aromatic rings. The van der Waals surface area contributed by atoms with E-state index < -0.39 is 0 Å². The Kier molecular flexibility index (Phi) is 6.55. The number of halogens is 2. The van der Waals surface area contributed by atoms with Gasteiger partial charge in [0.05, 0.1) is 5.52 Å². The normalized spacial score (nSPS) is 13.9. The average molecular weight is 429 g/mol. The van der Waals surface area contributed by atoms with Crippen LogP contribution in [0.4, 0.5) is 9.18 Å². The lowest BCUT2D eigenvalue weighted by Gasteiger charge is -2.13. The summed E-state index contributed by atoms with van der Waals surface area (Å²) in [7, 11) is 0. The molecule has 0 radical (unpaired) electrons. The summed E-state index contributed by atoms with van der Waals surface area (Å²) in [5.41, 5.74) is 3.23. The minimum absolute atomic E-state index is 0.0474. The van der Waals surface area contributed by atoms with E-state index in [-0.39, 0.29) is 11.8 Å². The molecule has 0 atom stereocenters. The number of benzene rings is 2. The molecule has 0 bridgehead atoms. The molecule has 5 nitrogen and oxygen atoms in total. The van der Waals surface area contributed by atoms with Crippen molar-refractivity contribution in [3.8, 4) is 5.69 Å². The van der Waals surface area contributed by atoms with E-state index in [4.69, 9.17) is 11.6 Å². The maximum atomic E-state index is 13.3. The Bertz CT molecular complexity index is 1020. The van der Waals surface area contributed by atoms with Gasteiger partial charge in [0.25, 0.3) is 0 Å². The van der Waals surface area contributed by atoms with Gasteiger partial charge in [0.2, 0.25) is 0 Å². The maximum absolute atomic E-state index is 13.3. The number of urea groups is 1. The molecule has 0 unspecified atom stereocenters. The summed E-state index contributed by atoms with van der Waals surface area (Å²) in [5, 5.41) is 8.13. The van der Waals surface area contributed by atoms with Gasteiger partial charge in [0.15, 0.2) is 0 Å². The zero-order chi connectivity index (χ0) is 20.9. The molecule has 2 N–H and O–H groups in total. The highest BCUT2D eigenvalue weighted by Crippen LogP contribution is 2.28. The molecule has 1 aromatic heterocycles. The summed E-state index contributed by atoms with van der Waals surface area (Å²) in [6.07, 6.45) is 5.00. The van der Waals surface area contributed by atoms with Gasteiger partial charge in [0.1, 0.15) is 5.82 Å². The number of carbonyl (C=O) groups excluding carboxylic acids is 1. The van der Waals surface area contributed by atoms with Crippen LogP contribution in [-0.2, 0) is 6.42 Å². The Balaban J connectivity index is 1.34. The second-order valence-corrected chi connectivity index (χ2v) is 8.02. The van der Waals surface area contributed by atoms with Gasteiger partial charge in [-0.1, -0.05) is 11.6 Å². The van der Waals surface area contributed by atoms with Gasteiger partial charge in [-0.05, 0) is 80.4 Å². The molecule has 0 spiro atoms. The number of hydrogen-bond donors (Lipinski definition) is 2. The zero-order valence-electron chi connectivity index (χ0n) is 16.8. The van der Waals surface area contributed by atoms with Crippen LogP contribution in [0.2, 0.25) is 5.02 Å². The first-order valence-electron chi connectivity index (χ1n) is 10.4. The molecule has 2 amide bonds. The first-order chi connectivity index (χ1) is 14.6. The average Bonchev–Trinajstić information content (AvgIpc) is 3.31. The van der Waals surface area contributed by atoms with Crippen LogP contribution in [0.1, 0.15) is 18.4 Å². The molecular formula is C23H26ClFN4O. The summed E-state index contributed by atoms with van der Waals surface area (Å²) in [6, 6.07) is 12.5. The molecule has 1 fully saturated rings. The van der Waals surface area contributed by atoms with Crippen molar-refractivity contribution >= 4 is 28.5 Å². The molecule has 158 valence electrons. The van der Waals surface area contributed by atoms with E-state index in [1.54, 1.807) is 12.1 Å². The van der Waals surface area contributed by atoms with Gasteiger partial charge in [-0.2, -0.15) is 0 Å². The largest absolute Gasteiger partial charge is 0.336 e. The molecule has 1 saturated heterocycles. The Labute approximate surface area is 180 Å². The first-order valence-corrected chi connectivity index (χ1v) is 10.8.